The fraction of sp³-hybridized carbons (Fsp3) is 0.650. The summed E-state index contributed by atoms with van der Waals surface area (Å²) in [5.74, 6) is 1.20. The Kier molecular flexibility index (Phi) is 8.78. The number of rotatable bonds is 10. The molecule has 1 saturated heterocycles. The maximum atomic E-state index is 12.7. The summed E-state index contributed by atoms with van der Waals surface area (Å²) in [5.41, 5.74) is 0.500. The number of ether oxygens (including phenoxy) is 2. The van der Waals surface area contributed by atoms with Crippen molar-refractivity contribution in [3.63, 3.8) is 0 Å². The molecule has 0 bridgehead atoms. The van der Waals surface area contributed by atoms with E-state index in [0.717, 1.165) is 32.4 Å². The summed E-state index contributed by atoms with van der Waals surface area (Å²) in [5, 5.41) is 6.18. The Balaban J connectivity index is 1.91. The summed E-state index contributed by atoms with van der Waals surface area (Å²) in [4.78, 5) is 12.3. The van der Waals surface area contributed by atoms with E-state index in [2.05, 4.69) is 22.3 Å². The van der Waals surface area contributed by atoms with E-state index in [-0.39, 0.29) is 24.1 Å². The van der Waals surface area contributed by atoms with Crippen molar-refractivity contribution in [2.24, 2.45) is 11.8 Å². The molecule has 7 heteroatoms. The molecule has 0 radical (unpaired) electrons. The highest BCUT2D eigenvalue weighted by molar-refractivity contribution is 5.76. The van der Waals surface area contributed by atoms with Crippen LogP contribution in [0, 0.1) is 11.8 Å². The lowest BCUT2D eigenvalue weighted by molar-refractivity contribution is -0.122. The molecule has 1 aliphatic heterocycles. The fourth-order valence-electron chi connectivity index (χ4n) is 3.29. The maximum Gasteiger partial charge on any atom is 0.387 e. The van der Waals surface area contributed by atoms with Crippen LogP contribution in [0.2, 0.25) is 0 Å². The minimum Gasteiger partial charge on any atom is -0.493 e. The molecule has 2 unspecified atom stereocenters. The number of halogens is 2. The summed E-state index contributed by atoms with van der Waals surface area (Å²) in [6.07, 6.45) is 3.51. The molecule has 0 saturated carbocycles. The van der Waals surface area contributed by atoms with Gasteiger partial charge >= 0.3 is 6.61 Å². The largest absolute Gasteiger partial charge is 0.493 e. The zero-order chi connectivity index (χ0) is 19.6. The first-order valence-corrected chi connectivity index (χ1v) is 9.67. The van der Waals surface area contributed by atoms with Crippen molar-refractivity contribution >= 4 is 5.91 Å². The molecule has 1 heterocycles. The van der Waals surface area contributed by atoms with Crippen LogP contribution in [0.4, 0.5) is 8.78 Å². The molecule has 0 aromatic heterocycles. The maximum absolute atomic E-state index is 12.7. The lowest BCUT2D eigenvalue weighted by atomic mass is 9.85. The Morgan fingerprint density at radius 2 is 2.22 bits per heavy atom. The number of piperidine rings is 1. The third kappa shape index (κ3) is 7.33. The van der Waals surface area contributed by atoms with Crippen molar-refractivity contribution in [3.8, 4) is 11.5 Å². The predicted molar refractivity (Wildman–Crippen MR) is 100 cm³/mol. The molecule has 1 aromatic rings. The van der Waals surface area contributed by atoms with Gasteiger partial charge in [0.15, 0.2) is 0 Å². The van der Waals surface area contributed by atoms with Crippen molar-refractivity contribution in [1.29, 1.82) is 0 Å². The van der Waals surface area contributed by atoms with E-state index in [9.17, 15) is 13.6 Å². The van der Waals surface area contributed by atoms with Gasteiger partial charge in [-0.15, -0.1) is 0 Å². The summed E-state index contributed by atoms with van der Waals surface area (Å²) >= 11 is 0. The molecular weight excluding hydrogens is 354 g/mol. The van der Waals surface area contributed by atoms with Crippen LogP contribution in [0.1, 0.15) is 45.1 Å². The van der Waals surface area contributed by atoms with Gasteiger partial charge in [0, 0.05) is 24.6 Å². The van der Waals surface area contributed by atoms with Crippen molar-refractivity contribution in [3.05, 3.63) is 23.8 Å². The van der Waals surface area contributed by atoms with Crippen molar-refractivity contribution in [1.82, 2.24) is 10.6 Å². The van der Waals surface area contributed by atoms with E-state index in [1.54, 1.807) is 12.1 Å². The molecule has 27 heavy (non-hydrogen) atoms. The first kappa shape index (κ1) is 21.4. The van der Waals surface area contributed by atoms with Crippen LogP contribution in [-0.2, 0) is 11.3 Å². The Morgan fingerprint density at radius 1 is 1.41 bits per heavy atom. The van der Waals surface area contributed by atoms with Gasteiger partial charge in [-0.05, 0) is 56.3 Å². The average molecular weight is 384 g/mol. The SMILES string of the molecule is CCCOc1ccc(CNC(=O)CC(C)C2CCCNC2)c(OC(F)F)c1. The van der Waals surface area contributed by atoms with Gasteiger partial charge in [-0.1, -0.05) is 13.8 Å². The zero-order valence-corrected chi connectivity index (χ0v) is 16.1. The van der Waals surface area contributed by atoms with Gasteiger partial charge in [-0.3, -0.25) is 4.79 Å². The first-order valence-electron chi connectivity index (χ1n) is 9.67. The van der Waals surface area contributed by atoms with E-state index in [1.165, 1.54) is 6.07 Å². The van der Waals surface area contributed by atoms with E-state index in [0.29, 0.717) is 30.3 Å². The van der Waals surface area contributed by atoms with Crippen LogP contribution in [0.5, 0.6) is 11.5 Å². The van der Waals surface area contributed by atoms with E-state index in [1.807, 2.05) is 6.92 Å². The molecular formula is C20H30F2N2O3. The summed E-state index contributed by atoms with van der Waals surface area (Å²) in [6.45, 7) is 3.75. The lowest BCUT2D eigenvalue weighted by Crippen LogP contribution is -2.35. The second-order valence-electron chi connectivity index (χ2n) is 7.06. The molecule has 1 amide bonds. The fourth-order valence-corrected chi connectivity index (χ4v) is 3.29. The minimum atomic E-state index is -2.93. The number of alkyl halides is 2. The van der Waals surface area contributed by atoms with Gasteiger partial charge in [-0.25, -0.2) is 0 Å². The highest BCUT2D eigenvalue weighted by Gasteiger charge is 2.22. The zero-order valence-electron chi connectivity index (χ0n) is 16.1. The number of carbonyl (C=O) groups is 1. The van der Waals surface area contributed by atoms with E-state index < -0.39 is 6.61 Å². The van der Waals surface area contributed by atoms with Gasteiger partial charge < -0.3 is 20.1 Å². The monoisotopic (exact) mass is 384 g/mol. The van der Waals surface area contributed by atoms with Crippen molar-refractivity contribution in [2.45, 2.75) is 52.7 Å². The van der Waals surface area contributed by atoms with E-state index in [4.69, 9.17) is 4.74 Å². The van der Waals surface area contributed by atoms with Crippen LogP contribution in [0.25, 0.3) is 0 Å². The first-order chi connectivity index (χ1) is 13.0. The van der Waals surface area contributed by atoms with Crippen LogP contribution in [-0.4, -0.2) is 32.2 Å². The van der Waals surface area contributed by atoms with Gasteiger partial charge in [0.1, 0.15) is 11.5 Å². The summed E-state index contributed by atoms with van der Waals surface area (Å²) in [6, 6.07) is 4.79. The van der Waals surface area contributed by atoms with Gasteiger partial charge in [-0.2, -0.15) is 8.78 Å². The smallest absolute Gasteiger partial charge is 0.387 e. The molecule has 5 nitrogen and oxygen atoms in total. The Labute approximate surface area is 159 Å². The number of nitrogens with one attached hydrogen (secondary N) is 2. The molecule has 1 aromatic carbocycles. The van der Waals surface area contributed by atoms with Crippen LogP contribution in [0.15, 0.2) is 18.2 Å². The Morgan fingerprint density at radius 3 is 2.89 bits per heavy atom. The molecule has 152 valence electrons. The number of hydrogen-bond donors (Lipinski definition) is 2. The Hall–Kier alpha value is -1.89. The lowest BCUT2D eigenvalue weighted by Gasteiger charge is -2.28. The number of hydrogen-bond acceptors (Lipinski definition) is 4. The molecule has 1 aliphatic rings. The quantitative estimate of drug-likeness (QED) is 0.646. The average Bonchev–Trinajstić information content (AvgIpc) is 2.65. The third-order valence-electron chi connectivity index (χ3n) is 4.85. The van der Waals surface area contributed by atoms with Gasteiger partial charge in [0.25, 0.3) is 0 Å². The predicted octanol–water partition coefficient (Wildman–Crippen LogP) is 3.72. The normalized spacial score (nSPS) is 18.2. The van der Waals surface area contributed by atoms with Crippen molar-refractivity contribution < 1.29 is 23.0 Å². The minimum absolute atomic E-state index is 0.0310. The molecule has 2 N–H and O–H groups in total. The number of carbonyl (C=O) groups excluding carboxylic acids is 1. The standard InChI is InChI=1S/C20H30F2N2O3/c1-3-9-26-17-7-6-16(18(11-17)27-20(21)22)13-24-19(25)10-14(2)15-5-4-8-23-12-15/h6-7,11,14-15,20,23H,3-5,8-10,12-13H2,1-2H3,(H,24,25). The van der Waals surface area contributed by atoms with Crippen LogP contribution < -0.4 is 20.1 Å². The molecule has 2 rings (SSSR count). The molecule has 1 fully saturated rings. The van der Waals surface area contributed by atoms with Crippen molar-refractivity contribution in [2.75, 3.05) is 19.7 Å². The number of amides is 1. The van der Waals surface area contributed by atoms with E-state index >= 15 is 0 Å². The topological polar surface area (TPSA) is 59.6 Å². The second kappa shape index (κ2) is 11.1. The number of benzene rings is 1. The summed E-state index contributed by atoms with van der Waals surface area (Å²) < 4.78 is 35.5. The van der Waals surface area contributed by atoms with Gasteiger partial charge in [0.05, 0.1) is 6.61 Å². The third-order valence-corrected chi connectivity index (χ3v) is 4.85. The Bertz CT molecular complexity index is 593. The van der Waals surface area contributed by atoms with Crippen LogP contribution >= 0.6 is 0 Å². The molecule has 2 atom stereocenters. The second-order valence-corrected chi connectivity index (χ2v) is 7.06. The molecule has 0 aliphatic carbocycles. The highest BCUT2D eigenvalue weighted by Crippen LogP contribution is 2.27. The van der Waals surface area contributed by atoms with Crippen LogP contribution in [0.3, 0.4) is 0 Å². The van der Waals surface area contributed by atoms with Gasteiger partial charge in [0.2, 0.25) is 5.91 Å². The summed E-state index contributed by atoms with van der Waals surface area (Å²) in [7, 11) is 0. The molecule has 0 spiro atoms. The highest BCUT2D eigenvalue weighted by atomic mass is 19.3.